The van der Waals surface area contributed by atoms with Crippen LogP contribution in [0.1, 0.15) is 22.8 Å². The predicted molar refractivity (Wildman–Crippen MR) is 54.8 cm³/mol. The van der Waals surface area contributed by atoms with Gasteiger partial charge < -0.3 is 4.74 Å². The molecule has 5 heteroatoms. The summed E-state index contributed by atoms with van der Waals surface area (Å²) in [6.45, 7) is 1.90. The van der Waals surface area contributed by atoms with Crippen LogP contribution in [0.5, 0.6) is 0 Å². The zero-order chi connectivity index (χ0) is 11.4. The van der Waals surface area contributed by atoms with Gasteiger partial charge in [0.25, 0.3) is 0 Å². The average Bonchev–Trinajstić information content (AvgIpc) is 2.22. The number of nitriles is 1. The monoisotopic (exact) mass is 271 g/mol. The van der Waals surface area contributed by atoms with Crippen molar-refractivity contribution < 1.29 is 13.9 Å². The van der Waals surface area contributed by atoms with Crippen molar-refractivity contribution in [1.82, 2.24) is 0 Å². The van der Waals surface area contributed by atoms with Gasteiger partial charge in [-0.1, -0.05) is 0 Å². The number of halogens is 2. The van der Waals surface area contributed by atoms with Crippen molar-refractivity contribution >= 4 is 21.9 Å². The summed E-state index contributed by atoms with van der Waals surface area (Å²) in [4.78, 5) is 11.3. The highest BCUT2D eigenvalue weighted by Gasteiger charge is 2.13. The van der Waals surface area contributed by atoms with Crippen molar-refractivity contribution in [2.45, 2.75) is 6.92 Å². The molecule has 0 saturated heterocycles. The number of ether oxygens (including phenoxy) is 1. The number of carbonyl (C=O) groups excluding carboxylic acids is 1. The van der Waals surface area contributed by atoms with Gasteiger partial charge in [0.1, 0.15) is 6.07 Å². The van der Waals surface area contributed by atoms with Gasteiger partial charge >= 0.3 is 5.97 Å². The highest BCUT2D eigenvalue weighted by Crippen LogP contribution is 2.21. The molecule has 0 radical (unpaired) electrons. The number of benzene rings is 1. The molecule has 0 heterocycles. The Morgan fingerprint density at radius 1 is 1.67 bits per heavy atom. The van der Waals surface area contributed by atoms with Gasteiger partial charge in [0.2, 0.25) is 0 Å². The lowest BCUT2D eigenvalue weighted by molar-refractivity contribution is 0.0526. The van der Waals surface area contributed by atoms with Crippen LogP contribution in [0, 0.1) is 17.1 Å². The Hall–Kier alpha value is -1.41. The van der Waals surface area contributed by atoms with Crippen molar-refractivity contribution in [2.75, 3.05) is 6.61 Å². The van der Waals surface area contributed by atoms with Crippen LogP contribution in [0.3, 0.4) is 0 Å². The first-order chi connectivity index (χ1) is 7.10. The fraction of sp³-hybridized carbons (Fsp3) is 0.200. The second-order valence-electron chi connectivity index (χ2n) is 2.65. The minimum atomic E-state index is -0.675. The van der Waals surface area contributed by atoms with E-state index in [1.165, 1.54) is 6.07 Å². The van der Waals surface area contributed by atoms with Gasteiger partial charge in [0.15, 0.2) is 5.82 Å². The van der Waals surface area contributed by atoms with E-state index in [0.717, 1.165) is 6.07 Å². The molecule has 0 saturated carbocycles. The van der Waals surface area contributed by atoms with Gasteiger partial charge in [0.05, 0.1) is 22.2 Å². The highest BCUT2D eigenvalue weighted by molar-refractivity contribution is 9.10. The van der Waals surface area contributed by atoms with Crippen molar-refractivity contribution in [3.05, 3.63) is 33.5 Å². The number of esters is 1. The van der Waals surface area contributed by atoms with Crippen molar-refractivity contribution in [3.63, 3.8) is 0 Å². The normalized spacial score (nSPS) is 9.47. The van der Waals surface area contributed by atoms with E-state index < -0.39 is 11.8 Å². The third-order valence-corrected chi connectivity index (χ3v) is 2.24. The molecular formula is C10H7BrFNO2. The summed E-state index contributed by atoms with van der Waals surface area (Å²) in [6, 6.07) is 4.11. The number of hydrogen-bond acceptors (Lipinski definition) is 3. The van der Waals surface area contributed by atoms with Gasteiger partial charge in [-0.3, -0.25) is 0 Å². The molecule has 15 heavy (non-hydrogen) atoms. The van der Waals surface area contributed by atoms with Crippen LogP contribution in [0.25, 0.3) is 0 Å². The van der Waals surface area contributed by atoms with E-state index >= 15 is 0 Å². The molecule has 1 rings (SSSR count). The Morgan fingerprint density at radius 3 is 2.87 bits per heavy atom. The van der Waals surface area contributed by atoms with Gasteiger partial charge in [-0.2, -0.15) is 5.26 Å². The van der Waals surface area contributed by atoms with Crippen LogP contribution in [0.15, 0.2) is 16.6 Å². The molecule has 0 aliphatic carbocycles. The topological polar surface area (TPSA) is 50.1 Å². The Morgan fingerprint density at radius 2 is 2.33 bits per heavy atom. The van der Waals surface area contributed by atoms with E-state index in [1.807, 2.05) is 0 Å². The molecular weight excluding hydrogens is 265 g/mol. The Bertz CT molecular complexity index is 440. The van der Waals surface area contributed by atoms with E-state index in [0.29, 0.717) is 0 Å². The maximum absolute atomic E-state index is 13.2. The standard InChI is InChI=1S/C10H7BrFNO2/c1-2-15-10(14)6-3-7(5-13)9(12)8(11)4-6/h3-4H,2H2,1H3. The quantitative estimate of drug-likeness (QED) is 0.777. The van der Waals surface area contributed by atoms with Crippen LogP contribution < -0.4 is 0 Å². The lowest BCUT2D eigenvalue weighted by Gasteiger charge is -2.03. The largest absolute Gasteiger partial charge is 0.462 e. The predicted octanol–water partition coefficient (Wildman–Crippen LogP) is 2.64. The smallest absolute Gasteiger partial charge is 0.338 e. The molecule has 0 N–H and O–H groups in total. The number of nitrogens with zero attached hydrogens (tertiary/aromatic N) is 1. The third kappa shape index (κ3) is 2.54. The van der Waals surface area contributed by atoms with Crippen molar-refractivity contribution in [2.24, 2.45) is 0 Å². The summed E-state index contributed by atoms with van der Waals surface area (Å²) < 4.78 is 18.0. The zero-order valence-electron chi connectivity index (χ0n) is 7.88. The minimum Gasteiger partial charge on any atom is -0.462 e. The lowest BCUT2D eigenvalue weighted by atomic mass is 10.1. The van der Waals surface area contributed by atoms with Crippen molar-refractivity contribution in [3.8, 4) is 6.07 Å². The first kappa shape index (κ1) is 11.7. The summed E-state index contributed by atoms with van der Waals surface area (Å²) in [5.41, 5.74) is -0.0332. The zero-order valence-corrected chi connectivity index (χ0v) is 9.47. The van der Waals surface area contributed by atoms with Crippen LogP contribution in [0.2, 0.25) is 0 Å². The molecule has 0 aromatic heterocycles. The van der Waals surface area contributed by atoms with E-state index in [2.05, 4.69) is 15.9 Å². The van der Waals surface area contributed by atoms with Crippen LogP contribution in [-0.2, 0) is 4.74 Å². The fourth-order valence-corrected chi connectivity index (χ4v) is 1.46. The van der Waals surface area contributed by atoms with E-state index in [4.69, 9.17) is 10.00 Å². The van der Waals surface area contributed by atoms with Crippen molar-refractivity contribution in [1.29, 1.82) is 5.26 Å². The summed E-state index contributed by atoms with van der Waals surface area (Å²) >= 11 is 2.92. The van der Waals surface area contributed by atoms with Gasteiger partial charge in [-0.05, 0) is 35.0 Å². The number of rotatable bonds is 2. The summed E-state index contributed by atoms with van der Waals surface area (Å²) in [7, 11) is 0. The Kier molecular flexibility index (Phi) is 3.81. The van der Waals surface area contributed by atoms with Gasteiger partial charge in [-0.25, -0.2) is 9.18 Å². The molecule has 78 valence electrons. The summed E-state index contributed by atoms with van der Waals surface area (Å²) in [5.74, 6) is -1.25. The highest BCUT2D eigenvalue weighted by atomic mass is 79.9. The minimum absolute atomic E-state index is 0.0737. The molecule has 0 bridgehead atoms. The van der Waals surface area contributed by atoms with Gasteiger partial charge in [0, 0.05) is 0 Å². The number of carbonyl (C=O) groups is 1. The van der Waals surface area contributed by atoms with Crippen LogP contribution in [0.4, 0.5) is 4.39 Å². The molecule has 0 fully saturated rings. The van der Waals surface area contributed by atoms with Crippen LogP contribution in [-0.4, -0.2) is 12.6 Å². The fourth-order valence-electron chi connectivity index (χ4n) is 1.00. The van der Waals surface area contributed by atoms with E-state index in [1.54, 1.807) is 13.0 Å². The first-order valence-electron chi connectivity index (χ1n) is 4.16. The molecule has 1 aromatic carbocycles. The SMILES string of the molecule is CCOC(=O)c1cc(Br)c(F)c(C#N)c1. The molecule has 0 spiro atoms. The van der Waals surface area contributed by atoms with Crippen LogP contribution >= 0.6 is 15.9 Å². The second kappa shape index (κ2) is 4.89. The molecule has 0 atom stereocenters. The lowest BCUT2D eigenvalue weighted by Crippen LogP contribution is -2.05. The molecule has 0 aliphatic rings. The maximum Gasteiger partial charge on any atom is 0.338 e. The third-order valence-electron chi connectivity index (χ3n) is 1.66. The maximum atomic E-state index is 13.2. The molecule has 0 unspecified atom stereocenters. The molecule has 1 aromatic rings. The van der Waals surface area contributed by atoms with E-state index in [9.17, 15) is 9.18 Å². The Balaban J connectivity index is 3.18. The molecule has 3 nitrogen and oxygen atoms in total. The average molecular weight is 272 g/mol. The molecule has 0 amide bonds. The summed E-state index contributed by atoms with van der Waals surface area (Å²) in [6.07, 6.45) is 0. The second-order valence-corrected chi connectivity index (χ2v) is 3.51. The Labute approximate surface area is 94.6 Å². The number of hydrogen-bond donors (Lipinski definition) is 0. The molecule has 0 aliphatic heterocycles. The summed E-state index contributed by atoms with van der Waals surface area (Å²) in [5, 5.41) is 8.62. The first-order valence-corrected chi connectivity index (χ1v) is 4.95. The van der Waals surface area contributed by atoms with E-state index in [-0.39, 0.29) is 22.2 Å². The van der Waals surface area contributed by atoms with Gasteiger partial charge in [-0.15, -0.1) is 0 Å².